The lowest BCUT2D eigenvalue weighted by atomic mass is 9.94. The summed E-state index contributed by atoms with van der Waals surface area (Å²) >= 11 is 2.98. The highest BCUT2D eigenvalue weighted by atomic mass is 79.9. The van der Waals surface area contributed by atoms with Crippen LogP contribution in [-0.4, -0.2) is 17.5 Å². The highest BCUT2D eigenvalue weighted by Crippen LogP contribution is 2.72. The minimum absolute atomic E-state index is 0.0190. The zero-order chi connectivity index (χ0) is 12.1. The first kappa shape index (κ1) is 12.8. The second-order valence-corrected chi connectivity index (χ2v) is 5.12. The van der Waals surface area contributed by atoms with Gasteiger partial charge >= 0.3 is 6.18 Å². The Morgan fingerprint density at radius 1 is 1.47 bits per heavy atom. The molecule has 1 fully saturated rings. The van der Waals surface area contributed by atoms with Crippen molar-refractivity contribution in [2.45, 2.75) is 26.4 Å². The number of carboxylic acids is 1. The molecular weight excluding hydrogens is 277 g/mol. The molecule has 0 bridgehead atoms. The summed E-state index contributed by atoms with van der Waals surface area (Å²) in [5.74, 6) is -2.44. The van der Waals surface area contributed by atoms with Crippen molar-refractivity contribution < 1.29 is 23.1 Å². The maximum atomic E-state index is 12.3. The van der Waals surface area contributed by atoms with Crippen LogP contribution in [0.25, 0.3) is 0 Å². The minimum Gasteiger partial charge on any atom is -0.550 e. The molecule has 2 nitrogen and oxygen atoms in total. The molecule has 0 amide bonds. The van der Waals surface area contributed by atoms with Gasteiger partial charge in [0.2, 0.25) is 0 Å². The predicted molar refractivity (Wildman–Crippen MR) is 49.2 cm³/mol. The number of alkyl halides is 4. The zero-order valence-electron chi connectivity index (χ0n) is 8.32. The first-order valence-corrected chi connectivity index (χ1v) is 5.54. The molecule has 0 radical (unpaired) electrons. The van der Waals surface area contributed by atoms with Crippen molar-refractivity contribution >= 4 is 21.9 Å². The lowest BCUT2D eigenvalue weighted by Crippen LogP contribution is -2.30. The van der Waals surface area contributed by atoms with E-state index in [2.05, 4.69) is 15.9 Å². The van der Waals surface area contributed by atoms with E-state index in [1.165, 1.54) is 13.8 Å². The van der Waals surface area contributed by atoms with Crippen LogP contribution in [-0.2, 0) is 4.79 Å². The van der Waals surface area contributed by atoms with Gasteiger partial charge in [0.05, 0.1) is 6.42 Å². The molecule has 0 heterocycles. The largest absolute Gasteiger partial charge is 0.550 e. The van der Waals surface area contributed by atoms with Crippen molar-refractivity contribution in [3.8, 4) is 0 Å². The third-order valence-electron chi connectivity index (χ3n) is 3.46. The minimum atomic E-state index is -4.35. The van der Waals surface area contributed by atoms with E-state index in [1.54, 1.807) is 0 Å². The van der Waals surface area contributed by atoms with Crippen LogP contribution in [0.2, 0.25) is 0 Å². The fraction of sp³-hybridized carbons (Fsp3) is 0.889. The molecule has 0 aromatic heterocycles. The van der Waals surface area contributed by atoms with Crippen molar-refractivity contribution in [2.75, 3.05) is 5.33 Å². The van der Waals surface area contributed by atoms with Gasteiger partial charge in [0.15, 0.2) is 0 Å². The normalized spacial score (nSPS) is 33.9. The average molecular weight is 288 g/mol. The number of hydrogen-bond donors (Lipinski definition) is 0. The van der Waals surface area contributed by atoms with Crippen molar-refractivity contribution in [3.63, 3.8) is 0 Å². The summed E-state index contributed by atoms with van der Waals surface area (Å²) in [4.78, 5) is 10.7. The lowest BCUT2D eigenvalue weighted by molar-refractivity contribution is -0.309. The number of hydrogen-bond acceptors (Lipinski definition) is 2. The molecule has 88 valence electrons. The van der Waals surface area contributed by atoms with Gasteiger partial charge in [0.25, 0.3) is 0 Å². The van der Waals surface area contributed by atoms with E-state index in [-0.39, 0.29) is 5.33 Å². The maximum absolute atomic E-state index is 12.3. The molecule has 0 spiro atoms. The second-order valence-electron chi connectivity index (χ2n) is 4.56. The molecule has 0 saturated heterocycles. The molecule has 1 aliphatic carbocycles. The molecule has 0 aliphatic heterocycles. The van der Waals surface area contributed by atoms with E-state index in [0.717, 1.165) is 0 Å². The number of aliphatic carboxylic acids is 1. The van der Waals surface area contributed by atoms with E-state index < -0.39 is 35.3 Å². The smallest absolute Gasteiger partial charge is 0.389 e. The molecular formula is C9H11BrF3O2-. The average Bonchev–Trinajstić information content (AvgIpc) is 2.44. The topological polar surface area (TPSA) is 40.1 Å². The summed E-state index contributed by atoms with van der Waals surface area (Å²) in [6.45, 7) is 3.06. The summed E-state index contributed by atoms with van der Waals surface area (Å²) in [6, 6.07) is 0. The molecule has 1 rings (SSSR count). The maximum Gasteiger partial charge on any atom is 0.389 e. The fourth-order valence-corrected chi connectivity index (χ4v) is 3.69. The third-order valence-corrected chi connectivity index (χ3v) is 4.46. The van der Waals surface area contributed by atoms with Gasteiger partial charge < -0.3 is 9.90 Å². The molecule has 6 heteroatoms. The number of carbonyl (C=O) groups excluding carboxylic acids is 1. The van der Waals surface area contributed by atoms with Crippen LogP contribution in [0.3, 0.4) is 0 Å². The van der Waals surface area contributed by atoms with Gasteiger partial charge in [-0.2, -0.15) is 13.2 Å². The van der Waals surface area contributed by atoms with E-state index in [0.29, 0.717) is 0 Å². The molecule has 15 heavy (non-hydrogen) atoms. The quantitative estimate of drug-likeness (QED) is 0.742. The Morgan fingerprint density at radius 2 is 1.93 bits per heavy atom. The standard InChI is InChI=1S/C9H12BrF3O2/c1-7(2)5(6(14)15)8(7,4-10)3-9(11,12)13/h5H,3-4H2,1-2H3,(H,14,15)/p-1. The van der Waals surface area contributed by atoms with Gasteiger partial charge in [-0.05, 0) is 5.41 Å². The van der Waals surface area contributed by atoms with Crippen LogP contribution >= 0.6 is 15.9 Å². The molecule has 1 aliphatic rings. The first-order valence-electron chi connectivity index (χ1n) is 4.42. The van der Waals surface area contributed by atoms with Crippen molar-refractivity contribution in [2.24, 2.45) is 16.7 Å². The highest BCUT2D eigenvalue weighted by molar-refractivity contribution is 9.09. The molecule has 0 N–H and O–H groups in total. The van der Waals surface area contributed by atoms with Crippen LogP contribution in [0.4, 0.5) is 13.2 Å². The second kappa shape index (κ2) is 3.37. The van der Waals surface area contributed by atoms with E-state index in [9.17, 15) is 23.1 Å². The Balaban J connectivity index is 2.94. The lowest BCUT2D eigenvalue weighted by Gasteiger charge is -2.19. The van der Waals surface area contributed by atoms with Gasteiger partial charge in [0.1, 0.15) is 0 Å². The van der Waals surface area contributed by atoms with Crippen LogP contribution < -0.4 is 5.11 Å². The predicted octanol–water partition coefficient (Wildman–Crippen LogP) is 1.73. The van der Waals surface area contributed by atoms with Crippen LogP contribution in [0, 0.1) is 16.7 Å². The zero-order valence-corrected chi connectivity index (χ0v) is 9.91. The van der Waals surface area contributed by atoms with Crippen molar-refractivity contribution in [1.29, 1.82) is 0 Å². The Kier molecular flexibility index (Phi) is 2.87. The molecule has 0 aromatic carbocycles. The SMILES string of the molecule is CC1(C)C(C(=O)[O-])C1(CBr)CC(F)(F)F. The molecule has 1 saturated carbocycles. The summed E-state index contributed by atoms with van der Waals surface area (Å²) in [5.41, 5.74) is -2.13. The Morgan fingerprint density at radius 3 is 2.13 bits per heavy atom. The Labute approximate surface area is 94.0 Å². The van der Waals surface area contributed by atoms with Gasteiger partial charge in [-0.25, -0.2) is 0 Å². The van der Waals surface area contributed by atoms with Crippen molar-refractivity contribution in [3.05, 3.63) is 0 Å². The summed E-state index contributed by atoms with van der Waals surface area (Å²) in [5, 5.41) is 10.8. The number of rotatable bonds is 3. The third kappa shape index (κ3) is 1.88. The van der Waals surface area contributed by atoms with E-state index >= 15 is 0 Å². The molecule has 2 atom stereocenters. The number of halogens is 4. The highest BCUT2D eigenvalue weighted by Gasteiger charge is 2.73. The van der Waals surface area contributed by atoms with Gasteiger partial charge in [-0.3, -0.25) is 0 Å². The van der Waals surface area contributed by atoms with Crippen LogP contribution in [0.15, 0.2) is 0 Å². The molecule has 0 aromatic rings. The van der Waals surface area contributed by atoms with Crippen LogP contribution in [0.1, 0.15) is 20.3 Å². The van der Waals surface area contributed by atoms with Gasteiger partial charge in [-0.15, -0.1) is 0 Å². The number of carboxylic acid groups (broad SMARTS) is 1. The van der Waals surface area contributed by atoms with Crippen LogP contribution in [0.5, 0.6) is 0 Å². The number of carbonyl (C=O) groups is 1. The summed E-state index contributed by atoms with van der Waals surface area (Å²) < 4.78 is 37.0. The monoisotopic (exact) mass is 287 g/mol. The molecule has 2 unspecified atom stereocenters. The van der Waals surface area contributed by atoms with Gasteiger partial charge in [-0.1, -0.05) is 29.8 Å². The summed E-state index contributed by atoms with van der Waals surface area (Å²) in [6.07, 6.45) is -5.44. The van der Waals surface area contributed by atoms with Gasteiger partial charge in [0, 0.05) is 22.6 Å². The van der Waals surface area contributed by atoms with E-state index in [1.807, 2.05) is 0 Å². The Hall–Kier alpha value is -0.260. The van der Waals surface area contributed by atoms with Crippen molar-refractivity contribution in [1.82, 2.24) is 0 Å². The van der Waals surface area contributed by atoms with E-state index in [4.69, 9.17) is 0 Å². The fourth-order valence-electron chi connectivity index (χ4n) is 2.45. The Bertz CT molecular complexity index is 288. The summed E-state index contributed by atoms with van der Waals surface area (Å²) in [7, 11) is 0. The first-order chi connectivity index (χ1) is 6.58.